The molecule has 2 atom stereocenters. The number of halogens is 6. The summed E-state index contributed by atoms with van der Waals surface area (Å²) in [6.45, 7) is 4.93. The maximum Gasteiger partial charge on any atom is 0.417 e. The predicted molar refractivity (Wildman–Crippen MR) is 177 cm³/mol. The zero-order chi connectivity index (χ0) is 35.7. The average molecular weight is 716 g/mol. The minimum atomic E-state index is -5.17. The molecule has 50 heavy (non-hydrogen) atoms. The number of carbonyl (C=O) groups is 1. The second-order valence-electron chi connectivity index (χ2n) is 12.9. The van der Waals surface area contributed by atoms with Crippen LogP contribution < -0.4 is 15.4 Å². The van der Waals surface area contributed by atoms with Gasteiger partial charge in [-0.1, -0.05) is 12.6 Å². The van der Waals surface area contributed by atoms with E-state index in [1.807, 2.05) is 0 Å². The van der Waals surface area contributed by atoms with Crippen molar-refractivity contribution in [3.05, 3.63) is 53.6 Å². The maximum absolute atomic E-state index is 17.0. The van der Waals surface area contributed by atoms with E-state index < -0.39 is 58.1 Å². The molecule has 2 aromatic heterocycles. The fourth-order valence-electron chi connectivity index (χ4n) is 7.76. The number of fused-ring (bicyclic) bond motifs is 3. The van der Waals surface area contributed by atoms with E-state index >= 15 is 8.78 Å². The Bertz CT molecular complexity index is 2090. The van der Waals surface area contributed by atoms with Crippen LogP contribution in [0.2, 0.25) is 0 Å². The smallest absolute Gasteiger partial charge is 0.417 e. The Labute approximate surface area is 286 Å². The molecule has 2 unspecified atom stereocenters. The highest BCUT2D eigenvalue weighted by Crippen LogP contribution is 2.48. The van der Waals surface area contributed by atoms with Gasteiger partial charge >= 0.3 is 12.2 Å². The highest BCUT2D eigenvalue weighted by atomic mass is 32.1. The lowest BCUT2D eigenvalue weighted by molar-refractivity contribution is -0.137. The van der Waals surface area contributed by atoms with Crippen molar-refractivity contribution in [1.29, 1.82) is 5.26 Å². The Balaban J connectivity index is 1.45. The summed E-state index contributed by atoms with van der Waals surface area (Å²) in [4.78, 5) is 25.8. The highest BCUT2D eigenvalue weighted by Gasteiger charge is 2.46. The van der Waals surface area contributed by atoms with Gasteiger partial charge in [-0.3, -0.25) is 9.69 Å². The van der Waals surface area contributed by atoms with Crippen LogP contribution >= 0.6 is 11.3 Å². The van der Waals surface area contributed by atoms with E-state index in [-0.39, 0.29) is 63.1 Å². The summed E-state index contributed by atoms with van der Waals surface area (Å²) in [5.74, 6) is -3.03. The Hall–Kier alpha value is -4.62. The summed E-state index contributed by atoms with van der Waals surface area (Å²) < 4.78 is 98.2. The van der Waals surface area contributed by atoms with E-state index in [0.717, 1.165) is 57.0 Å². The van der Waals surface area contributed by atoms with Crippen LogP contribution in [-0.4, -0.2) is 83.3 Å². The van der Waals surface area contributed by atoms with Crippen LogP contribution in [-0.2, 0) is 11.0 Å². The Kier molecular flexibility index (Phi) is 8.33. The van der Waals surface area contributed by atoms with Crippen LogP contribution in [0.25, 0.3) is 32.1 Å². The molecular formula is C34H31F6N7O2S. The first-order valence-electron chi connectivity index (χ1n) is 16.0. The maximum atomic E-state index is 17.0. The summed E-state index contributed by atoms with van der Waals surface area (Å²) in [7, 11) is 1.40. The van der Waals surface area contributed by atoms with Crippen molar-refractivity contribution in [3.63, 3.8) is 0 Å². The molecule has 1 amide bonds. The number of hydrogen-bond acceptors (Lipinski definition) is 9. The number of aromatic nitrogens is 2. The van der Waals surface area contributed by atoms with E-state index in [2.05, 4.69) is 21.4 Å². The van der Waals surface area contributed by atoms with E-state index in [1.165, 1.54) is 16.8 Å². The van der Waals surface area contributed by atoms with Gasteiger partial charge in [-0.15, -0.1) is 11.3 Å². The van der Waals surface area contributed by atoms with Crippen LogP contribution in [0.15, 0.2) is 30.9 Å². The molecule has 3 aliphatic heterocycles. The molecule has 0 radical (unpaired) electrons. The molecule has 7 rings (SSSR count). The van der Waals surface area contributed by atoms with Crippen molar-refractivity contribution < 1.29 is 35.9 Å². The number of nitrogen functional groups attached to an aromatic ring is 1. The number of thiophene rings is 1. The SMILES string of the molecule is C=CC(=O)N1CC(F)C(N(C)c2nc(OCC34CCCN3CCC4)nc3c(F)c(-c4ccc(F)c5sc(N)c(C#N)c45)c(C(F)(F)F)cc23)C1. The second kappa shape index (κ2) is 12.3. The summed E-state index contributed by atoms with van der Waals surface area (Å²) in [6, 6.07) is 2.94. The summed E-state index contributed by atoms with van der Waals surface area (Å²) >= 11 is 0.665. The van der Waals surface area contributed by atoms with Crippen molar-refractivity contribution in [1.82, 2.24) is 19.8 Å². The van der Waals surface area contributed by atoms with Gasteiger partial charge in [0, 0.05) is 29.9 Å². The van der Waals surface area contributed by atoms with Gasteiger partial charge in [-0.2, -0.15) is 28.4 Å². The van der Waals surface area contributed by atoms with Gasteiger partial charge in [0.2, 0.25) is 5.91 Å². The van der Waals surface area contributed by atoms with Crippen molar-refractivity contribution >= 4 is 49.1 Å². The van der Waals surface area contributed by atoms with Gasteiger partial charge in [-0.25, -0.2) is 13.2 Å². The van der Waals surface area contributed by atoms with Crippen molar-refractivity contribution in [2.24, 2.45) is 0 Å². The molecule has 0 aliphatic carbocycles. The first-order valence-corrected chi connectivity index (χ1v) is 16.8. The quantitative estimate of drug-likeness (QED) is 0.172. The number of likely N-dealkylation sites (N-methyl/N-ethyl adjacent to an activating group) is 1. The van der Waals surface area contributed by atoms with Gasteiger partial charge in [0.1, 0.15) is 41.0 Å². The number of benzene rings is 2. The highest BCUT2D eigenvalue weighted by molar-refractivity contribution is 7.23. The van der Waals surface area contributed by atoms with E-state index in [4.69, 9.17) is 10.5 Å². The molecule has 4 aromatic rings. The largest absolute Gasteiger partial charge is 0.461 e. The van der Waals surface area contributed by atoms with Crippen LogP contribution in [0.3, 0.4) is 0 Å². The third-order valence-corrected chi connectivity index (χ3v) is 11.2. The fourth-order valence-corrected chi connectivity index (χ4v) is 8.71. The van der Waals surface area contributed by atoms with E-state index in [9.17, 15) is 27.6 Å². The molecule has 262 valence electrons. The van der Waals surface area contributed by atoms with Crippen LogP contribution in [0.5, 0.6) is 6.01 Å². The number of nitrogens with zero attached hydrogens (tertiary/aromatic N) is 6. The standard InChI is InChI=1S/C34H31F6N7O2S/c1-3-24(48)46-14-22(36)23(15-46)45(2)31-18-12-20(34(38,39)40)26(17-6-7-21(35)29-25(17)19(13-41)30(42)50-29)27(37)28(18)43-32(44-31)49-16-33-8-4-10-47(33)11-5-9-33/h3,6-7,12,22-23H,1,4-5,8-11,14-16,42H2,2H3. The van der Waals surface area contributed by atoms with Crippen LogP contribution in [0.1, 0.15) is 36.8 Å². The number of alkyl halides is 4. The van der Waals surface area contributed by atoms with Crippen molar-refractivity contribution in [2.75, 3.05) is 50.5 Å². The lowest BCUT2D eigenvalue weighted by atomic mass is 9.92. The average Bonchev–Trinajstić information content (AvgIpc) is 3.85. The van der Waals surface area contributed by atoms with Gasteiger partial charge in [0.15, 0.2) is 5.82 Å². The lowest BCUT2D eigenvalue weighted by Crippen LogP contribution is -2.43. The van der Waals surface area contributed by atoms with Crippen LogP contribution in [0, 0.1) is 23.0 Å². The van der Waals surface area contributed by atoms with Crippen LogP contribution in [0.4, 0.5) is 37.2 Å². The molecule has 3 aliphatic rings. The molecule has 0 spiro atoms. The number of nitrogens with two attached hydrogens (primary N) is 1. The molecule has 5 heterocycles. The number of rotatable bonds is 7. The number of ether oxygens (including phenoxy) is 1. The molecule has 2 aromatic carbocycles. The number of amides is 1. The molecule has 2 N–H and O–H groups in total. The molecule has 0 bridgehead atoms. The first-order chi connectivity index (χ1) is 23.8. The Morgan fingerprint density at radius 1 is 1.24 bits per heavy atom. The number of hydrogen-bond donors (Lipinski definition) is 1. The third-order valence-electron chi connectivity index (χ3n) is 10.2. The summed E-state index contributed by atoms with van der Waals surface area (Å²) in [5, 5.41) is 9.02. The molecule has 0 saturated carbocycles. The van der Waals surface area contributed by atoms with Crippen molar-refractivity contribution in [3.8, 4) is 23.2 Å². The van der Waals surface area contributed by atoms with Gasteiger partial charge in [0.25, 0.3) is 0 Å². The van der Waals surface area contributed by atoms with E-state index in [1.54, 1.807) is 6.07 Å². The minimum absolute atomic E-state index is 0.140. The third kappa shape index (κ3) is 5.38. The number of nitriles is 1. The van der Waals surface area contributed by atoms with E-state index in [0.29, 0.717) is 17.4 Å². The number of likely N-dealkylation sites (tertiary alicyclic amines) is 1. The van der Waals surface area contributed by atoms with Gasteiger partial charge in [0.05, 0.1) is 34.0 Å². The number of anilines is 2. The zero-order valence-corrected chi connectivity index (χ0v) is 27.6. The molecule has 16 heteroatoms. The van der Waals surface area contributed by atoms with Crippen molar-refractivity contribution in [2.45, 2.75) is 49.6 Å². The topological polar surface area (TPSA) is 112 Å². The lowest BCUT2D eigenvalue weighted by Gasteiger charge is -2.32. The second-order valence-corrected chi connectivity index (χ2v) is 14.0. The fraction of sp³-hybridized carbons (Fsp3) is 0.412. The van der Waals surface area contributed by atoms with Gasteiger partial charge in [-0.05, 0) is 62.5 Å². The Morgan fingerprint density at radius 2 is 1.96 bits per heavy atom. The normalized spacial score (nSPS) is 20.4. The van der Waals surface area contributed by atoms with Gasteiger partial charge < -0.3 is 20.3 Å². The summed E-state index contributed by atoms with van der Waals surface area (Å²) in [5.41, 5.74) is 1.99. The minimum Gasteiger partial charge on any atom is -0.461 e. The molecule has 9 nitrogen and oxygen atoms in total. The molecule has 3 saturated heterocycles. The summed E-state index contributed by atoms with van der Waals surface area (Å²) in [6.07, 6.45) is -2.14. The molecular weight excluding hydrogens is 684 g/mol. The zero-order valence-electron chi connectivity index (χ0n) is 26.8. The molecule has 3 fully saturated rings. The number of carbonyl (C=O) groups excluding carboxylic acids is 1. The first kappa shape index (κ1) is 33.9. The monoisotopic (exact) mass is 715 g/mol. The Morgan fingerprint density at radius 3 is 2.62 bits per heavy atom. The predicted octanol–water partition coefficient (Wildman–Crippen LogP) is 6.44.